The molecule has 0 aromatic rings. The SMILES string of the molecule is CC(C)CN(CC(=O)O)C1CCCC1O. The standard InChI is InChI=1S/C11H21NO3/c1-8(2)6-12(7-11(14)15)9-4-3-5-10(9)13/h8-10,13H,3-7H2,1-2H3,(H,14,15). The summed E-state index contributed by atoms with van der Waals surface area (Å²) in [5.41, 5.74) is 0. The Morgan fingerprint density at radius 3 is 2.53 bits per heavy atom. The topological polar surface area (TPSA) is 60.8 Å². The van der Waals surface area contributed by atoms with Gasteiger partial charge in [0, 0.05) is 12.6 Å². The first kappa shape index (κ1) is 12.5. The summed E-state index contributed by atoms with van der Waals surface area (Å²) in [4.78, 5) is 12.6. The highest BCUT2D eigenvalue weighted by atomic mass is 16.4. The molecule has 1 aliphatic rings. The van der Waals surface area contributed by atoms with E-state index in [1.165, 1.54) is 0 Å². The van der Waals surface area contributed by atoms with Crippen LogP contribution in [0.2, 0.25) is 0 Å². The molecule has 0 radical (unpaired) electrons. The summed E-state index contributed by atoms with van der Waals surface area (Å²) in [5, 5.41) is 18.6. The maximum Gasteiger partial charge on any atom is 0.317 e. The van der Waals surface area contributed by atoms with Crippen molar-refractivity contribution in [2.45, 2.75) is 45.3 Å². The van der Waals surface area contributed by atoms with Gasteiger partial charge in [-0.05, 0) is 25.2 Å². The molecule has 2 unspecified atom stereocenters. The second kappa shape index (κ2) is 5.47. The third-order valence-electron chi connectivity index (χ3n) is 2.85. The minimum Gasteiger partial charge on any atom is -0.480 e. The van der Waals surface area contributed by atoms with Crippen molar-refractivity contribution in [3.05, 3.63) is 0 Å². The summed E-state index contributed by atoms with van der Waals surface area (Å²) >= 11 is 0. The normalized spacial score (nSPS) is 26.5. The Hall–Kier alpha value is -0.610. The number of hydrogen-bond donors (Lipinski definition) is 2. The molecule has 4 nitrogen and oxygen atoms in total. The molecule has 1 fully saturated rings. The third kappa shape index (κ3) is 3.80. The van der Waals surface area contributed by atoms with Crippen molar-refractivity contribution in [2.75, 3.05) is 13.1 Å². The zero-order valence-corrected chi connectivity index (χ0v) is 9.52. The van der Waals surface area contributed by atoms with Gasteiger partial charge in [-0.1, -0.05) is 13.8 Å². The van der Waals surface area contributed by atoms with E-state index in [-0.39, 0.29) is 18.7 Å². The number of aliphatic hydroxyl groups excluding tert-OH is 1. The molecule has 4 heteroatoms. The van der Waals surface area contributed by atoms with E-state index in [9.17, 15) is 9.90 Å². The number of aliphatic carboxylic acids is 1. The Balaban J connectivity index is 2.57. The Bertz CT molecular complexity index is 218. The smallest absolute Gasteiger partial charge is 0.317 e. The molecule has 0 spiro atoms. The number of nitrogens with zero attached hydrogens (tertiary/aromatic N) is 1. The molecule has 0 bridgehead atoms. The highest BCUT2D eigenvalue weighted by molar-refractivity contribution is 5.69. The number of hydrogen-bond acceptors (Lipinski definition) is 3. The summed E-state index contributed by atoms with van der Waals surface area (Å²) in [7, 11) is 0. The lowest BCUT2D eigenvalue weighted by atomic mass is 10.1. The van der Waals surface area contributed by atoms with Crippen molar-refractivity contribution in [2.24, 2.45) is 5.92 Å². The van der Waals surface area contributed by atoms with Crippen molar-refractivity contribution >= 4 is 5.97 Å². The van der Waals surface area contributed by atoms with Crippen LogP contribution in [-0.4, -0.2) is 46.3 Å². The molecule has 1 rings (SSSR count). The number of rotatable bonds is 5. The second-order valence-corrected chi connectivity index (χ2v) is 4.78. The predicted octanol–water partition coefficient (Wildman–Crippen LogP) is 0.942. The summed E-state index contributed by atoms with van der Waals surface area (Å²) in [6.45, 7) is 4.92. The summed E-state index contributed by atoms with van der Waals surface area (Å²) in [6.07, 6.45) is 2.38. The Kier molecular flexibility index (Phi) is 4.54. The third-order valence-corrected chi connectivity index (χ3v) is 2.85. The lowest BCUT2D eigenvalue weighted by Gasteiger charge is -2.30. The van der Waals surface area contributed by atoms with E-state index >= 15 is 0 Å². The lowest BCUT2D eigenvalue weighted by Crippen LogP contribution is -2.45. The van der Waals surface area contributed by atoms with E-state index in [4.69, 9.17) is 5.11 Å². The molecule has 0 saturated heterocycles. The Morgan fingerprint density at radius 2 is 2.13 bits per heavy atom. The van der Waals surface area contributed by atoms with Crippen LogP contribution >= 0.6 is 0 Å². The van der Waals surface area contributed by atoms with Crippen LogP contribution in [-0.2, 0) is 4.79 Å². The number of carboxylic acid groups (broad SMARTS) is 1. The zero-order valence-electron chi connectivity index (χ0n) is 9.52. The fourth-order valence-corrected chi connectivity index (χ4v) is 2.31. The first-order valence-electron chi connectivity index (χ1n) is 5.64. The molecule has 1 aliphatic carbocycles. The minimum absolute atomic E-state index is 0.0416. The summed E-state index contributed by atoms with van der Waals surface area (Å²) < 4.78 is 0. The van der Waals surface area contributed by atoms with Crippen LogP contribution < -0.4 is 0 Å². The Labute approximate surface area is 90.9 Å². The van der Waals surface area contributed by atoms with E-state index in [0.717, 1.165) is 25.8 Å². The molecule has 2 N–H and O–H groups in total. The van der Waals surface area contributed by atoms with Gasteiger partial charge in [0.05, 0.1) is 12.6 Å². The largest absolute Gasteiger partial charge is 0.480 e. The fraction of sp³-hybridized carbons (Fsp3) is 0.909. The van der Waals surface area contributed by atoms with Gasteiger partial charge < -0.3 is 10.2 Å². The van der Waals surface area contributed by atoms with Crippen molar-refractivity contribution in [3.63, 3.8) is 0 Å². The molecule has 88 valence electrons. The maximum atomic E-state index is 10.7. The van der Waals surface area contributed by atoms with Crippen LogP contribution in [0.25, 0.3) is 0 Å². The highest BCUT2D eigenvalue weighted by Crippen LogP contribution is 2.24. The summed E-state index contributed by atoms with van der Waals surface area (Å²) in [5.74, 6) is -0.382. The van der Waals surface area contributed by atoms with Gasteiger partial charge in [0.2, 0.25) is 0 Å². The van der Waals surface area contributed by atoms with Crippen LogP contribution in [0.5, 0.6) is 0 Å². The van der Waals surface area contributed by atoms with Crippen molar-refractivity contribution in [3.8, 4) is 0 Å². The van der Waals surface area contributed by atoms with Crippen molar-refractivity contribution in [1.82, 2.24) is 4.90 Å². The zero-order chi connectivity index (χ0) is 11.4. The lowest BCUT2D eigenvalue weighted by molar-refractivity contribution is -0.139. The van der Waals surface area contributed by atoms with E-state index in [1.54, 1.807) is 0 Å². The van der Waals surface area contributed by atoms with Crippen LogP contribution in [0.1, 0.15) is 33.1 Å². The van der Waals surface area contributed by atoms with Crippen molar-refractivity contribution in [1.29, 1.82) is 0 Å². The molecule has 0 aromatic heterocycles. The number of carboxylic acids is 1. The van der Waals surface area contributed by atoms with Gasteiger partial charge in [0.25, 0.3) is 0 Å². The average Bonchev–Trinajstić information content (AvgIpc) is 2.48. The predicted molar refractivity (Wildman–Crippen MR) is 57.7 cm³/mol. The van der Waals surface area contributed by atoms with E-state index in [2.05, 4.69) is 13.8 Å². The van der Waals surface area contributed by atoms with Crippen LogP contribution in [0.15, 0.2) is 0 Å². The van der Waals surface area contributed by atoms with Gasteiger partial charge >= 0.3 is 5.97 Å². The average molecular weight is 215 g/mol. The molecule has 2 atom stereocenters. The van der Waals surface area contributed by atoms with E-state index in [1.807, 2.05) is 4.90 Å². The van der Waals surface area contributed by atoms with Crippen LogP contribution in [0.4, 0.5) is 0 Å². The molecule has 15 heavy (non-hydrogen) atoms. The quantitative estimate of drug-likeness (QED) is 0.716. The Morgan fingerprint density at radius 1 is 1.47 bits per heavy atom. The molecule has 0 aromatic carbocycles. The second-order valence-electron chi connectivity index (χ2n) is 4.78. The highest BCUT2D eigenvalue weighted by Gasteiger charge is 2.31. The maximum absolute atomic E-state index is 10.7. The summed E-state index contributed by atoms with van der Waals surface area (Å²) in [6, 6.07) is 0.0449. The van der Waals surface area contributed by atoms with Gasteiger partial charge in [0.1, 0.15) is 0 Å². The molecule has 1 saturated carbocycles. The van der Waals surface area contributed by atoms with Gasteiger partial charge in [-0.2, -0.15) is 0 Å². The number of aliphatic hydroxyl groups is 1. The number of carbonyl (C=O) groups is 1. The van der Waals surface area contributed by atoms with Crippen LogP contribution in [0, 0.1) is 5.92 Å². The molecular weight excluding hydrogens is 194 g/mol. The molecular formula is C11H21NO3. The monoisotopic (exact) mass is 215 g/mol. The first-order valence-corrected chi connectivity index (χ1v) is 5.64. The fourth-order valence-electron chi connectivity index (χ4n) is 2.31. The van der Waals surface area contributed by atoms with Crippen LogP contribution in [0.3, 0.4) is 0 Å². The van der Waals surface area contributed by atoms with Gasteiger partial charge in [0.15, 0.2) is 0 Å². The van der Waals surface area contributed by atoms with Gasteiger partial charge in [-0.3, -0.25) is 9.69 Å². The molecule has 0 heterocycles. The van der Waals surface area contributed by atoms with E-state index in [0.29, 0.717) is 5.92 Å². The molecule has 0 amide bonds. The van der Waals surface area contributed by atoms with Gasteiger partial charge in [-0.25, -0.2) is 0 Å². The van der Waals surface area contributed by atoms with Gasteiger partial charge in [-0.15, -0.1) is 0 Å². The minimum atomic E-state index is -0.810. The molecule has 0 aliphatic heterocycles. The van der Waals surface area contributed by atoms with Crippen molar-refractivity contribution < 1.29 is 15.0 Å². The first-order chi connectivity index (χ1) is 7.00. The van der Waals surface area contributed by atoms with E-state index < -0.39 is 5.97 Å².